The van der Waals surface area contributed by atoms with Crippen molar-refractivity contribution in [2.75, 3.05) is 0 Å². The molecule has 102 valence electrons. The quantitative estimate of drug-likeness (QED) is 0.555. The van der Waals surface area contributed by atoms with Crippen molar-refractivity contribution in [1.82, 2.24) is 9.55 Å². The normalized spacial score (nSPS) is 11.2. The highest BCUT2D eigenvalue weighted by Crippen LogP contribution is 2.14. The van der Waals surface area contributed by atoms with Gasteiger partial charge in [-0.05, 0) is 6.42 Å². The first kappa shape index (κ1) is 15.2. The molecule has 1 heterocycles. The van der Waals surface area contributed by atoms with Crippen molar-refractivity contribution in [1.29, 1.82) is 0 Å². The Hall–Kier alpha value is -0.830. The maximum absolute atomic E-state index is 11.9. The molecule has 0 saturated heterocycles. The second kappa shape index (κ2) is 7.57. The summed E-state index contributed by atoms with van der Waals surface area (Å²) < 4.78 is 1.77. The molecule has 1 rings (SSSR count). The van der Waals surface area contributed by atoms with Gasteiger partial charge in [0, 0.05) is 18.5 Å². The fourth-order valence-electron chi connectivity index (χ4n) is 2.03. The van der Waals surface area contributed by atoms with Crippen molar-refractivity contribution in [3.05, 3.63) is 27.4 Å². The van der Waals surface area contributed by atoms with Crippen LogP contribution >= 0.6 is 11.6 Å². The smallest absolute Gasteiger partial charge is 0.254 e. The average Bonchev–Trinajstić information content (AvgIpc) is 2.30. The van der Waals surface area contributed by atoms with Crippen molar-refractivity contribution in [3.8, 4) is 0 Å². The lowest BCUT2D eigenvalue weighted by atomic mass is 10.1. The van der Waals surface area contributed by atoms with Crippen LogP contribution in [0.2, 0.25) is 5.15 Å². The highest BCUT2D eigenvalue weighted by Gasteiger charge is 2.10. The van der Waals surface area contributed by atoms with E-state index in [1.165, 1.54) is 31.7 Å². The maximum Gasteiger partial charge on any atom is 0.254 e. The Morgan fingerprint density at radius 3 is 2.56 bits per heavy atom. The number of halogens is 1. The van der Waals surface area contributed by atoms with Crippen molar-refractivity contribution in [3.63, 3.8) is 0 Å². The van der Waals surface area contributed by atoms with Gasteiger partial charge in [0.15, 0.2) is 0 Å². The molecule has 18 heavy (non-hydrogen) atoms. The molecule has 3 nitrogen and oxygen atoms in total. The van der Waals surface area contributed by atoms with Crippen molar-refractivity contribution in [2.45, 2.75) is 65.3 Å². The maximum atomic E-state index is 11.9. The van der Waals surface area contributed by atoms with Crippen LogP contribution in [0.15, 0.2) is 10.9 Å². The van der Waals surface area contributed by atoms with E-state index in [0.29, 0.717) is 5.15 Å². The van der Waals surface area contributed by atoms with Crippen LogP contribution in [0, 0.1) is 0 Å². The van der Waals surface area contributed by atoms with Crippen molar-refractivity contribution < 1.29 is 0 Å². The first-order valence-corrected chi connectivity index (χ1v) is 7.21. The SMILES string of the molecule is CCCCCCCn1c(C(C)C)nc(Cl)cc1=O. The Balaban J connectivity index is 2.72. The Labute approximate surface area is 114 Å². The molecule has 0 saturated carbocycles. The summed E-state index contributed by atoms with van der Waals surface area (Å²) in [5.41, 5.74) is -0.0332. The predicted octanol–water partition coefficient (Wildman–Crippen LogP) is 3.99. The van der Waals surface area contributed by atoms with E-state index in [-0.39, 0.29) is 11.5 Å². The molecule has 0 aliphatic heterocycles. The Bertz CT molecular complexity index is 426. The number of hydrogen-bond acceptors (Lipinski definition) is 2. The summed E-state index contributed by atoms with van der Waals surface area (Å²) >= 11 is 5.84. The fourth-order valence-corrected chi connectivity index (χ4v) is 2.21. The van der Waals surface area contributed by atoms with E-state index in [1.807, 2.05) is 13.8 Å². The van der Waals surface area contributed by atoms with Gasteiger partial charge in [-0.15, -0.1) is 0 Å². The topological polar surface area (TPSA) is 34.9 Å². The average molecular weight is 271 g/mol. The second-order valence-electron chi connectivity index (χ2n) is 5.00. The summed E-state index contributed by atoms with van der Waals surface area (Å²) in [7, 11) is 0. The third-order valence-corrected chi connectivity index (χ3v) is 3.20. The molecule has 0 aliphatic rings. The van der Waals surface area contributed by atoms with E-state index >= 15 is 0 Å². The van der Waals surface area contributed by atoms with Crippen LogP contribution in [0.3, 0.4) is 0 Å². The Morgan fingerprint density at radius 1 is 1.28 bits per heavy atom. The summed E-state index contributed by atoms with van der Waals surface area (Å²) in [6.45, 7) is 7.02. The zero-order valence-corrected chi connectivity index (χ0v) is 12.3. The van der Waals surface area contributed by atoms with Gasteiger partial charge < -0.3 is 0 Å². The van der Waals surface area contributed by atoms with Crippen LogP contribution in [0.4, 0.5) is 0 Å². The lowest BCUT2D eigenvalue weighted by molar-refractivity contribution is 0.522. The Kier molecular flexibility index (Phi) is 6.41. The molecule has 1 aromatic heterocycles. The highest BCUT2D eigenvalue weighted by atomic mass is 35.5. The lowest BCUT2D eigenvalue weighted by Gasteiger charge is -2.14. The molecule has 0 aromatic carbocycles. The summed E-state index contributed by atoms with van der Waals surface area (Å²) in [4.78, 5) is 16.2. The number of hydrogen-bond donors (Lipinski definition) is 0. The second-order valence-corrected chi connectivity index (χ2v) is 5.38. The summed E-state index contributed by atoms with van der Waals surface area (Å²) in [6.07, 6.45) is 5.94. The number of unbranched alkanes of at least 4 members (excludes halogenated alkanes) is 4. The first-order chi connectivity index (χ1) is 8.56. The van der Waals surface area contributed by atoms with E-state index in [1.54, 1.807) is 4.57 Å². The van der Waals surface area contributed by atoms with Crippen LogP contribution in [0.5, 0.6) is 0 Å². The van der Waals surface area contributed by atoms with Gasteiger partial charge in [-0.1, -0.05) is 58.1 Å². The summed E-state index contributed by atoms with van der Waals surface area (Å²) in [6, 6.07) is 1.40. The first-order valence-electron chi connectivity index (χ1n) is 6.83. The number of nitrogens with zero attached hydrogens (tertiary/aromatic N) is 2. The molecule has 4 heteroatoms. The number of rotatable bonds is 7. The Morgan fingerprint density at radius 2 is 1.94 bits per heavy atom. The highest BCUT2D eigenvalue weighted by molar-refractivity contribution is 6.29. The van der Waals surface area contributed by atoms with Crippen LogP contribution < -0.4 is 5.56 Å². The zero-order chi connectivity index (χ0) is 13.5. The van der Waals surface area contributed by atoms with Gasteiger partial charge in [0.2, 0.25) is 0 Å². The fraction of sp³-hybridized carbons (Fsp3) is 0.714. The minimum atomic E-state index is -0.0332. The van der Waals surface area contributed by atoms with Gasteiger partial charge in [0.05, 0.1) is 0 Å². The molecule has 0 amide bonds. The predicted molar refractivity (Wildman–Crippen MR) is 76.4 cm³/mol. The number of aromatic nitrogens is 2. The minimum Gasteiger partial charge on any atom is -0.296 e. The molecule has 0 aliphatic carbocycles. The van der Waals surface area contributed by atoms with E-state index < -0.39 is 0 Å². The molecule has 0 bridgehead atoms. The molecule has 0 spiro atoms. The molecular weight excluding hydrogens is 248 g/mol. The van der Waals surface area contributed by atoms with Crippen LogP contribution in [-0.4, -0.2) is 9.55 Å². The molecule has 0 atom stereocenters. The standard InChI is InChI=1S/C14H23ClN2O/c1-4-5-6-7-8-9-17-13(18)10-12(15)16-14(17)11(2)3/h10-11H,4-9H2,1-3H3. The molecular formula is C14H23ClN2O. The van der Waals surface area contributed by atoms with Gasteiger partial charge in [0.1, 0.15) is 11.0 Å². The third kappa shape index (κ3) is 4.45. The van der Waals surface area contributed by atoms with Gasteiger partial charge in [-0.25, -0.2) is 4.98 Å². The molecule has 0 fully saturated rings. The van der Waals surface area contributed by atoms with Gasteiger partial charge in [-0.3, -0.25) is 9.36 Å². The van der Waals surface area contributed by atoms with E-state index in [9.17, 15) is 4.79 Å². The van der Waals surface area contributed by atoms with Gasteiger partial charge in [-0.2, -0.15) is 0 Å². The van der Waals surface area contributed by atoms with Crippen LogP contribution in [0.25, 0.3) is 0 Å². The van der Waals surface area contributed by atoms with E-state index in [2.05, 4.69) is 11.9 Å². The van der Waals surface area contributed by atoms with Crippen LogP contribution in [-0.2, 0) is 6.54 Å². The summed E-state index contributed by atoms with van der Waals surface area (Å²) in [5.74, 6) is 1.01. The molecule has 1 aromatic rings. The minimum absolute atomic E-state index is 0.0332. The zero-order valence-electron chi connectivity index (χ0n) is 11.6. The third-order valence-electron chi connectivity index (χ3n) is 3.01. The monoisotopic (exact) mass is 270 g/mol. The van der Waals surface area contributed by atoms with E-state index in [4.69, 9.17) is 11.6 Å². The van der Waals surface area contributed by atoms with Crippen LogP contribution in [0.1, 0.15) is 64.6 Å². The molecule has 0 N–H and O–H groups in total. The van der Waals surface area contributed by atoms with E-state index in [0.717, 1.165) is 18.8 Å². The molecule has 0 radical (unpaired) electrons. The van der Waals surface area contributed by atoms with Gasteiger partial charge >= 0.3 is 0 Å². The largest absolute Gasteiger partial charge is 0.296 e. The summed E-state index contributed by atoms with van der Waals surface area (Å²) in [5, 5.41) is 0.297. The van der Waals surface area contributed by atoms with Crippen molar-refractivity contribution in [2.24, 2.45) is 0 Å². The molecule has 0 unspecified atom stereocenters. The van der Waals surface area contributed by atoms with Gasteiger partial charge in [0.25, 0.3) is 5.56 Å². The van der Waals surface area contributed by atoms with Crippen molar-refractivity contribution >= 4 is 11.6 Å². The lowest BCUT2D eigenvalue weighted by Crippen LogP contribution is -2.25.